The quantitative estimate of drug-likeness (QED) is 0.825. The number of fused-ring (bicyclic) bond motifs is 1. The maximum absolute atomic E-state index is 13.0. The largest absolute Gasteiger partial charge is 0.486 e. The Balaban J connectivity index is 1.45. The predicted octanol–water partition coefficient (Wildman–Crippen LogP) is 3.43. The molecule has 2 aliphatic rings. The first-order valence-electron chi connectivity index (χ1n) is 10.6. The molecule has 1 spiro atoms. The molecule has 2 aliphatic heterocycles. The van der Waals surface area contributed by atoms with Gasteiger partial charge in [0.15, 0.2) is 5.78 Å². The molecule has 1 amide bonds. The molecule has 1 saturated heterocycles. The molecular weight excluding hydrogens is 392 g/mol. The summed E-state index contributed by atoms with van der Waals surface area (Å²) in [6.45, 7) is 4.75. The third-order valence-corrected chi connectivity index (χ3v) is 6.29. The molecule has 2 heterocycles. The first kappa shape index (κ1) is 21.1. The number of aliphatic hydroxyl groups is 1. The summed E-state index contributed by atoms with van der Waals surface area (Å²) in [5.41, 5.74) is 2.99. The molecule has 2 aromatic carbocycles. The van der Waals surface area contributed by atoms with Gasteiger partial charge in [-0.1, -0.05) is 6.07 Å². The van der Waals surface area contributed by atoms with E-state index in [0.29, 0.717) is 54.8 Å². The zero-order valence-corrected chi connectivity index (χ0v) is 17.9. The van der Waals surface area contributed by atoms with Crippen LogP contribution in [0, 0.1) is 18.3 Å². The minimum absolute atomic E-state index is 0.0116. The molecule has 1 N–H and O–H groups in total. The zero-order valence-electron chi connectivity index (χ0n) is 17.9. The molecule has 31 heavy (non-hydrogen) atoms. The summed E-state index contributed by atoms with van der Waals surface area (Å²) in [7, 11) is 0. The molecule has 1 fully saturated rings. The molecule has 160 valence electrons. The van der Waals surface area contributed by atoms with E-state index in [1.807, 2.05) is 30.0 Å². The van der Waals surface area contributed by atoms with Gasteiger partial charge < -0.3 is 14.7 Å². The molecule has 2 aromatic rings. The van der Waals surface area contributed by atoms with Gasteiger partial charge in [-0.3, -0.25) is 9.59 Å². The number of rotatable bonds is 3. The first-order valence-corrected chi connectivity index (χ1v) is 10.6. The highest BCUT2D eigenvalue weighted by Gasteiger charge is 2.43. The normalized spacial score (nSPS) is 18.1. The van der Waals surface area contributed by atoms with Crippen molar-refractivity contribution in [2.24, 2.45) is 0 Å². The highest BCUT2D eigenvalue weighted by molar-refractivity contribution is 6.00. The van der Waals surface area contributed by atoms with Crippen molar-refractivity contribution in [3.63, 3.8) is 0 Å². The number of hydrogen-bond acceptors (Lipinski definition) is 5. The van der Waals surface area contributed by atoms with Crippen molar-refractivity contribution in [1.29, 1.82) is 5.26 Å². The minimum atomic E-state index is -0.591. The van der Waals surface area contributed by atoms with Crippen molar-refractivity contribution >= 4 is 11.7 Å². The molecule has 4 rings (SSSR count). The van der Waals surface area contributed by atoms with Gasteiger partial charge in [0.2, 0.25) is 0 Å². The van der Waals surface area contributed by atoms with E-state index < -0.39 is 11.7 Å². The van der Waals surface area contributed by atoms with E-state index >= 15 is 0 Å². The molecule has 6 nitrogen and oxygen atoms in total. The third kappa shape index (κ3) is 4.19. The number of Topliss-reactive ketones (excluding diaryl/α,β-unsaturated/α-hetero) is 1. The number of aryl methyl sites for hydroxylation is 1. The Kier molecular flexibility index (Phi) is 5.55. The Morgan fingerprint density at radius 1 is 1.26 bits per heavy atom. The fourth-order valence-electron chi connectivity index (χ4n) is 4.52. The van der Waals surface area contributed by atoms with Gasteiger partial charge in [0, 0.05) is 31.5 Å². The van der Waals surface area contributed by atoms with Crippen LogP contribution in [0.4, 0.5) is 0 Å². The van der Waals surface area contributed by atoms with Crippen molar-refractivity contribution in [1.82, 2.24) is 4.90 Å². The molecule has 0 saturated carbocycles. The standard InChI is InChI=1S/C25H26N2O4/c1-16-11-20(5-4-19(16)12-17(2)28)24(30)27-9-7-25(8-10-27)14-22(29)21-13-18(15-26)3-6-23(21)31-25/h3-6,11,13,17,28H,7-10,12,14H2,1-2H3. The van der Waals surface area contributed by atoms with Crippen LogP contribution in [0.3, 0.4) is 0 Å². The number of ether oxygens (including phenoxy) is 1. The number of likely N-dealkylation sites (tertiary alicyclic amines) is 1. The summed E-state index contributed by atoms with van der Waals surface area (Å²) >= 11 is 0. The predicted molar refractivity (Wildman–Crippen MR) is 115 cm³/mol. The van der Waals surface area contributed by atoms with Gasteiger partial charge in [-0.05, 0) is 61.7 Å². The topological polar surface area (TPSA) is 90.6 Å². The fraction of sp³-hybridized carbons (Fsp3) is 0.400. The number of amides is 1. The van der Waals surface area contributed by atoms with Gasteiger partial charge in [-0.2, -0.15) is 5.26 Å². The number of hydrogen-bond donors (Lipinski definition) is 1. The van der Waals surface area contributed by atoms with E-state index in [0.717, 1.165) is 11.1 Å². The minimum Gasteiger partial charge on any atom is -0.486 e. The van der Waals surface area contributed by atoms with Crippen LogP contribution in [-0.4, -0.2) is 46.5 Å². The lowest BCUT2D eigenvalue weighted by Gasteiger charge is -2.44. The van der Waals surface area contributed by atoms with Crippen LogP contribution in [0.5, 0.6) is 5.75 Å². The summed E-state index contributed by atoms with van der Waals surface area (Å²) in [5.74, 6) is 0.490. The summed E-state index contributed by atoms with van der Waals surface area (Å²) in [6.07, 6.45) is 1.58. The summed E-state index contributed by atoms with van der Waals surface area (Å²) < 4.78 is 6.24. The number of benzene rings is 2. The van der Waals surface area contributed by atoms with Gasteiger partial charge in [-0.15, -0.1) is 0 Å². The second-order valence-corrected chi connectivity index (χ2v) is 8.69. The van der Waals surface area contributed by atoms with E-state index in [4.69, 9.17) is 10.00 Å². The third-order valence-electron chi connectivity index (χ3n) is 6.29. The Hall–Kier alpha value is -3.17. The number of nitriles is 1. The van der Waals surface area contributed by atoms with E-state index in [1.165, 1.54) is 0 Å². The Labute approximate surface area is 182 Å². The van der Waals surface area contributed by atoms with E-state index in [-0.39, 0.29) is 18.1 Å². The molecule has 0 radical (unpaired) electrons. The van der Waals surface area contributed by atoms with Crippen molar-refractivity contribution in [2.45, 2.75) is 51.2 Å². The van der Waals surface area contributed by atoms with E-state index in [9.17, 15) is 14.7 Å². The summed E-state index contributed by atoms with van der Waals surface area (Å²) in [4.78, 5) is 27.6. The zero-order chi connectivity index (χ0) is 22.2. The number of carbonyl (C=O) groups excluding carboxylic acids is 2. The number of aliphatic hydroxyl groups excluding tert-OH is 1. The van der Waals surface area contributed by atoms with Gasteiger partial charge in [-0.25, -0.2) is 0 Å². The second-order valence-electron chi connectivity index (χ2n) is 8.69. The average Bonchev–Trinajstić information content (AvgIpc) is 2.75. The van der Waals surface area contributed by atoms with Crippen molar-refractivity contribution < 1.29 is 19.4 Å². The second kappa shape index (κ2) is 8.16. The van der Waals surface area contributed by atoms with Crippen LogP contribution in [0.25, 0.3) is 0 Å². The molecule has 0 aliphatic carbocycles. The SMILES string of the molecule is Cc1cc(C(=O)N2CCC3(CC2)CC(=O)c2cc(C#N)ccc2O3)ccc1CC(C)O. The number of piperidine rings is 1. The Bertz CT molecular complexity index is 1080. The van der Waals surface area contributed by atoms with Crippen LogP contribution in [-0.2, 0) is 6.42 Å². The number of carbonyl (C=O) groups is 2. The van der Waals surface area contributed by atoms with Crippen molar-refractivity contribution in [3.8, 4) is 11.8 Å². The van der Waals surface area contributed by atoms with Gasteiger partial charge in [0.25, 0.3) is 5.91 Å². The lowest BCUT2D eigenvalue weighted by atomic mass is 9.82. The molecule has 0 bridgehead atoms. The molecule has 1 unspecified atom stereocenters. The van der Waals surface area contributed by atoms with Crippen LogP contribution in [0.15, 0.2) is 36.4 Å². The molecular formula is C25H26N2O4. The maximum atomic E-state index is 13.0. The molecule has 0 aromatic heterocycles. The average molecular weight is 418 g/mol. The monoisotopic (exact) mass is 418 g/mol. The highest BCUT2D eigenvalue weighted by atomic mass is 16.5. The van der Waals surface area contributed by atoms with Crippen LogP contribution < -0.4 is 4.74 Å². The van der Waals surface area contributed by atoms with Gasteiger partial charge in [0.05, 0.1) is 29.7 Å². The smallest absolute Gasteiger partial charge is 0.253 e. The summed E-state index contributed by atoms with van der Waals surface area (Å²) in [6, 6.07) is 12.6. The molecule has 6 heteroatoms. The van der Waals surface area contributed by atoms with Crippen LogP contribution in [0.1, 0.15) is 63.6 Å². The number of nitrogens with zero attached hydrogens (tertiary/aromatic N) is 2. The van der Waals surface area contributed by atoms with Gasteiger partial charge >= 0.3 is 0 Å². The van der Waals surface area contributed by atoms with Crippen molar-refractivity contribution in [2.75, 3.05) is 13.1 Å². The Morgan fingerprint density at radius 3 is 2.65 bits per heavy atom. The Morgan fingerprint density at radius 2 is 2.00 bits per heavy atom. The lowest BCUT2D eigenvalue weighted by molar-refractivity contribution is -0.00571. The fourth-order valence-corrected chi connectivity index (χ4v) is 4.52. The van der Waals surface area contributed by atoms with Crippen LogP contribution >= 0.6 is 0 Å². The summed E-state index contributed by atoms with van der Waals surface area (Å²) in [5, 5.41) is 18.7. The van der Waals surface area contributed by atoms with Gasteiger partial charge in [0.1, 0.15) is 11.4 Å². The maximum Gasteiger partial charge on any atom is 0.253 e. The van der Waals surface area contributed by atoms with Crippen LogP contribution in [0.2, 0.25) is 0 Å². The number of ketones is 1. The van der Waals surface area contributed by atoms with Crippen molar-refractivity contribution in [3.05, 3.63) is 64.2 Å². The molecule has 1 atom stereocenters. The first-order chi connectivity index (χ1) is 14.8. The van der Waals surface area contributed by atoms with E-state index in [2.05, 4.69) is 6.07 Å². The highest BCUT2D eigenvalue weighted by Crippen LogP contribution is 2.39. The lowest BCUT2D eigenvalue weighted by Crippen LogP contribution is -2.52. The van der Waals surface area contributed by atoms with E-state index in [1.54, 1.807) is 25.1 Å².